The number of hydrogen-bond acceptors (Lipinski definition) is 4. The monoisotopic (exact) mass is 368 g/mol. The summed E-state index contributed by atoms with van der Waals surface area (Å²) in [6.07, 6.45) is 1.29. The molecular formula is C18H32O4Si2. The lowest BCUT2D eigenvalue weighted by atomic mass is 10.1. The van der Waals surface area contributed by atoms with Crippen molar-refractivity contribution in [2.75, 3.05) is 6.61 Å². The Morgan fingerprint density at radius 1 is 0.958 bits per heavy atom. The molecule has 6 heteroatoms. The molecule has 0 atom stereocenters. The van der Waals surface area contributed by atoms with Crippen molar-refractivity contribution in [2.45, 2.75) is 64.8 Å². The zero-order chi connectivity index (χ0) is 18.4. The largest absolute Gasteiger partial charge is 0.462 e. The van der Waals surface area contributed by atoms with Gasteiger partial charge in [-0.3, -0.25) is 0 Å². The van der Waals surface area contributed by atoms with E-state index < -0.39 is 22.4 Å². The first-order chi connectivity index (χ1) is 11.0. The number of esters is 1. The average molecular weight is 369 g/mol. The van der Waals surface area contributed by atoms with Crippen molar-refractivity contribution in [2.24, 2.45) is 0 Å². The minimum absolute atomic E-state index is 0.288. The quantitative estimate of drug-likeness (QED) is 0.348. The number of carbonyl (C=O) groups is 1. The highest BCUT2D eigenvalue weighted by molar-refractivity contribution is 6.71. The van der Waals surface area contributed by atoms with Gasteiger partial charge < -0.3 is 13.6 Å². The predicted molar refractivity (Wildman–Crippen MR) is 103 cm³/mol. The number of benzene rings is 1. The van der Waals surface area contributed by atoms with Crippen LogP contribution in [-0.4, -0.2) is 35.0 Å². The van der Waals surface area contributed by atoms with Crippen LogP contribution in [0.25, 0.3) is 0 Å². The van der Waals surface area contributed by atoms with Gasteiger partial charge in [0.1, 0.15) is 0 Å². The van der Waals surface area contributed by atoms with Crippen molar-refractivity contribution in [1.29, 1.82) is 0 Å². The van der Waals surface area contributed by atoms with Crippen LogP contribution in [0.1, 0.15) is 30.1 Å². The van der Waals surface area contributed by atoms with E-state index in [4.69, 9.17) is 13.6 Å². The normalized spacial score (nSPS) is 13.0. The van der Waals surface area contributed by atoms with Gasteiger partial charge in [-0.15, -0.1) is 0 Å². The molecule has 0 aromatic heterocycles. The summed E-state index contributed by atoms with van der Waals surface area (Å²) >= 11 is 0. The van der Waals surface area contributed by atoms with Crippen LogP contribution < -0.4 is 0 Å². The Morgan fingerprint density at radius 2 is 1.46 bits per heavy atom. The fourth-order valence-electron chi connectivity index (χ4n) is 2.52. The minimum atomic E-state index is -1.80. The van der Waals surface area contributed by atoms with Crippen LogP contribution in [-0.2, 0) is 13.6 Å². The van der Waals surface area contributed by atoms with E-state index in [1.807, 2.05) is 18.2 Å². The molecule has 24 heavy (non-hydrogen) atoms. The maximum absolute atomic E-state index is 12.1. The van der Waals surface area contributed by atoms with E-state index in [0.29, 0.717) is 12.0 Å². The van der Waals surface area contributed by atoms with Gasteiger partial charge in [-0.05, 0) is 57.8 Å². The highest BCUT2D eigenvalue weighted by atomic mass is 28.4. The Hall–Kier alpha value is -0.956. The Labute approximate surface area is 148 Å². The van der Waals surface area contributed by atoms with Crippen LogP contribution in [0.4, 0.5) is 0 Å². The standard InChI is InChI=1S/C18H32O4Si2/c1-8-18(21-23(2,3)4,22-24(5,6)7)14-15-20-17(19)16-12-10-9-11-13-16/h9-13H,8,14-15H2,1-7H3. The van der Waals surface area contributed by atoms with Gasteiger partial charge in [0.15, 0.2) is 22.4 Å². The smallest absolute Gasteiger partial charge is 0.338 e. The van der Waals surface area contributed by atoms with E-state index in [0.717, 1.165) is 6.42 Å². The maximum atomic E-state index is 12.1. The zero-order valence-electron chi connectivity index (χ0n) is 16.1. The molecular weight excluding hydrogens is 336 g/mol. The van der Waals surface area contributed by atoms with E-state index in [9.17, 15) is 4.79 Å². The van der Waals surface area contributed by atoms with Crippen LogP contribution in [0.2, 0.25) is 39.3 Å². The van der Waals surface area contributed by atoms with E-state index in [2.05, 4.69) is 46.2 Å². The SMILES string of the molecule is CCC(CCOC(=O)c1ccccc1)(O[Si](C)(C)C)O[Si](C)(C)C. The molecule has 0 N–H and O–H groups in total. The lowest BCUT2D eigenvalue weighted by molar-refractivity contribution is -0.141. The molecule has 0 spiro atoms. The van der Waals surface area contributed by atoms with E-state index >= 15 is 0 Å². The van der Waals surface area contributed by atoms with Crippen molar-refractivity contribution >= 4 is 22.6 Å². The first-order valence-corrected chi connectivity index (χ1v) is 15.4. The Morgan fingerprint density at radius 3 is 1.88 bits per heavy atom. The van der Waals surface area contributed by atoms with Gasteiger partial charge in [-0.2, -0.15) is 0 Å². The molecule has 1 aromatic rings. The van der Waals surface area contributed by atoms with Crippen LogP contribution in [0, 0.1) is 0 Å². The first-order valence-electron chi connectivity index (χ1n) is 8.59. The zero-order valence-corrected chi connectivity index (χ0v) is 18.1. The number of carbonyl (C=O) groups excluding carboxylic acids is 1. The van der Waals surface area contributed by atoms with Gasteiger partial charge in [-0.25, -0.2) is 4.79 Å². The third-order valence-electron chi connectivity index (χ3n) is 3.25. The summed E-state index contributed by atoms with van der Waals surface area (Å²) in [5.41, 5.74) is 0.567. The second-order valence-electron chi connectivity index (χ2n) is 7.95. The molecule has 136 valence electrons. The third kappa shape index (κ3) is 7.74. The van der Waals surface area contributed by atoms with Gasteiger partial charge in [0.25, 0.3) is 0 Å². The number of ether oxygens (including phenoxy) is 1. The molecule has 0 aliphatic carbocycles. The lowest BCUT2D eigenvalue weighted by Gasteiger charge is -2.42. The van der Waals surface area contributed by atoms with Crippen LogP contribution in [0.3, 0.4) is 0 Å². The van der Waals surface area contributed by atoms with Crippen LogP contribution in [0.5, 0.6) is 0 Å². The Bertz CT molecular complexity index is 502. The first kappa shape index (κ1) is 21.1. The topological polar surface area (TPSA) is 44.8 Å². The molecule has 0 bridgehead atoms. The summed E-state index contributed by atoms with van der Waals surface area (Å²) in [7, 11) is -3.60. The van der Waals surface area contributed by atoms with Crippen molar-refractivity contribution in [3.63, 3.8) is 0 Å². The molecule has 0 fully saturated rings. The molecule has 1 aromatic carbocycles. The summed E-state index contributed by atoms with van der Waals surface area (Å²) in [5, 5.41) is 0. The average Bonchev–Trinajstić information content (AvgIpc) is 2.44. The second-order valence-corrected chi connectivity index (χ2v) is 16.8. The Kier molecular flexibility index (Phi) is 7.40. The Balaban J connectivity index is 2.76. The van der Waals surface area contributed by atoms with Gasteiger partial charge in [0, 0.05) is 6.42 Å². The number of rotatable bonds is 9. The van der Waals surface area contributed by atoms with Gasteiger partial charge in [-0.1, -0.05) is 25.1 Å². The molecule has 0 radical (unpaired) electrons. The van der Waals surface area contributed by atoms with E-state index in [1.165, 1.54) is 0 Å². The molecule has 0 heterocycles. The molecule has 0 saturated heterocycles. The van der Waals surface area contributed by atoms with Crippen molar-refractivity contribution in [3.8, 4) is 0 Å². The summed E-state index contributed by atoms with van der Waals surface area (Å²) in [4.78, 5) is 12.1. The molecule has 0 saturated carbocycles. The van der Waals surface area contributed by atoms with Gasteiger partial charge >= 0.3 is 5.97 Å². The van der Waals surface area contributed by atoms with Crippen molar-refractivity contribution in [3.05, 3.63) is 35.9 Å². The maximum Gasteiger partial charge on any atom is 0.338 e. The number of hydrogen-bond donors (Lipinski definition) is 0. The minimum Gasteiger partial charge on any atom is -0.462 e. The van der Waals surface area contributed by atoms with E-state index in [1.54, 1.807) is 12.1 Å². The molecule has 0 aliphatic heterocycles. The molecule has 0 unspecified atom stereocenters. The highest BCUT2D eigenvalue weighted by Gasteiger charge is 2.39. The summed E-state index contributed by atoms with van der Waals surface area (Å²) in [6.45, 7) is 15.3. The molecule has 0 aliphatic rings. The lowest BCUT2D eigenvalue weighted by Crippen LogP contribution is -2.50. The summed E-state index contributed by atoms with van der Waals surface area (Å²) in [6, 6.07) is 9.05. The van der Waals surface area contributed by atoms with Gasteiger partial charge in [0.2, 0.25) is 0 Å². The van der Waals surface area contributed by atoms with E-state index in [-0.39, 0.29) is 12.6 Å². The van der Waals surface area contributed by atoms with Crippen LogP contribution in [0.15, 0.2) is 30.3 Å². The fourth-order valence-corrected chi connectivity index (χ4v) is 5.41. The predicted octanol–water partition coefficient (Wildman–Crippen LogP) is 5.04. The fraction of sp³-hybridized carbons (Fsp3) is 0.611. The second kappa shape index (κ2) is 8.42. The van der Waals surface area contributed by atoms with Crippen LogP contribution >= 0.6 is 0 Å². The highest BCUT2D eigenvalue weighted by Crippen LogP contribution is 2.30. The molecule has 0 amide bonds. The van der Waals surface area contributed by atoms with Gasteiger partial charge in [0.05, 0.1) is 12.2 Å². The third-order valence-corrected chi connectivity index (χ3v) is 5.22. The molecule has 4 nitrogen and oxygen atoms in total. The summed E-state index contributed by atoms with van der Waals surface area (Å²) in [5.74, 6) is -0.965. The van der Waals surface area contributed by atoms with Crippen molar-refractivity contribution in [1.82, 2.24) is 0 Å². The van der Waals surface area contributed by atoms with Crippen molar-refractivity contribution < 1.29 is 18.4 Å². The molecule has 1 rings (SSSR count). The summed E-state index contributed by atoms with van der Waals surface area (Å²) < 4.78 is 18.2.